The maximum Gasteiger partial charge on any atom is 0.422 e. The summed E-state index contributed by atoms with van der Waals surface area (Å²) in [6, 6.07) is 11.3. The van der Waals surface area contributed by atoms with Crippen molar-refractivity contribution >= 4 is 27.7 Å². The molecule has 3 rings (SSSR count). The van der Waals surface area contributed by atoms with Crippen molar-refractivity contribution in [2.45, 2.75) is 39.0 Å². The lowest BCUT2D eigenvalue weighted by molar-refractivity contribution is -0.137. The fourth-order valence-electron chi connectivity index (χ4n) is 3.22. The number of nitrogens with zero attached hydrogens (tertiary/aromatic N) is 5. The molecule has 1 heterocycles. The summed E-state index contributed by atoms with van der Waals surface area (Å²) in [6.07, 6.45) is -6.06. The van der Waals surface area contributed by atoms with Gasteiger partial charge in [-0.05, 0) is 62.4 Å². The smallest absolute Gasteiger partial charge is 0.422 e. The van der Waals surface area contributed by atoms with Crippen LogP contribution in [-0.2, 0) is 22.9 Å². The molecule has 3 N–H and O–H groups in total. The van der Waals surface area contributed by atoms with Crippen molar-refractivity contribution in [3.05, 3.63) is 54.1 Å². The van der Waals surface area contributed by atoms with Crippen molar-refractivity contribution in [1.82, 2.24) is 29.2 Å². The van der Waals surface area contributed by atoms with E-state index in [1.165, 1.54) is 32.9 Å². The van der Waals surface area contributed by atoms with Crippen molar-refractivity contribution in [2.24, 2.45) is 0 Å². The number of anilines is 2. The first kappa shape index (κ1) is 26.9. The standard InChI is InChI=1S/C21H24F3N7O4S/c1-20(2,3)31(19(32)33)36(34,35)25-12-13-30-28-18(27-29-30)16-6-4-5-7-17(16)26-15-10-8-14(9-11-15)21(22,23)24/h4-11,25-26H,12-13H2,1-3H3,(H,32,33). The quantitative estimate of drug-likeness (QED) is 0.402. The van der Waals surface area contributed by atoms with Gasteiger partial charge in [-0.15, -0.1) is 10.2 Å². The fourth-order valence-corrected chi connectivity index (χ4v) is 4.63. The molecule has 15 heteroatoms. The van der Waals surface area contributed by atoms with Crippen LogP contribution in [0.25, 0.3) is 11.4 Å². The molecule has 2 aromatic carbocycles. The molecule has 194 valence electrons. The molecule has 0 unspecified atom stereocenters. The maximum absolute atomic E-state index is 12.8. The third-order valence-corrected chi connectivity index (χ3v) is 6.49. The van der Waals surface area contributed by atoms with Crippen LogP contribution in [0.15, 0.2) is 48.5 Å². The van der Waals surface area contributed by atoms with Crippen LogP contribution in [0, 0.1) is 0 Å². The van der Waals surface area contributed by atoms with Gasteiger partial charge >= 0.3 is 22.5 Å². The predicted octanol–water partition coefficient (Wildman–Crippen LogP) is 3.72. The largest absolute Gasteiger partial charge is 0.464 e. The monoisotopic (exact) mass is 527 g/mol. The molecule has 0 spiro atoms. The Bertz CT molecular complexity index is 1320. The normalized spacial score (nSPS) is 12.4. The Hall–Kier alpha value is -3.72. The highest BCUT2D eigenvalue weighted by atomic mass is 32.2. The van der Waals surface area contributed by atoms with E-state index in [9.17, 15) is 31.5 Å². The molecule has 1 aromatic heterocycles. The molecular formula is C21H24F3N7O4S. The minimum absolute atomic E-state index is 0.0433. The Morgan fingerprint density at radius 1 is 1.08 bits per heavy atom. The Morgan fingerprint density at radius 3 is 2.31 bits per heavy atom. The molecule has 0 atom stereocenters. The third-order valence-electron chi connectivity index (χ3n) is 4.73. The molecule has 0 aliphatic carbocycles. The number of halogens is 3. The molecule has 0 radical (unpaired) electrons. The molecule has 0 saturated heterocycles. The van der Waals surface area contributed by atoms with Crippen LogP contribution in [0.1, 0.15) is 26.3 Å². The Labute approximate surface area is 205 Å². The number of amides is 1. The second kappa shape index (κ2) is 10.1. The summed E-state index contributed by atoms with van der Waals surface area (Å²) in [5.74, 6) is 0.190. The third kappa shape index (κ3) is 6.48. The number of rotatable bonds is 8. The van der Waals surface area contributed by atoms with E-state index in [2.05, 4.69) is 25.4 Å². The number of carbonyl (C=O) groups is 1. The van der Waals surface area contributed by atoms with Gasteiger partial charge in [-0.3, -0.25) is 0 Å². The average Bonchev–Trinajstić information content (AvgIpc) is 3.20. The highest BCUT2D eigenvalue weighted by Crippen LogP contribution is 2.32. The van der Waals surface area contributed by atoms with E-state index in [1.807, 2.05) is 0 Å². The summed E-state index contributed by atoms with van der Waals surface area (Å²) in [4.78, 5) is 12.6. The van der Waals surface area contributed by atoms with Crippen LogP contribution in [0.3, 0.4) is 0 Å². The Kier molecular flexibility index (Phi) is 7.54. The van der Waals surface area contributed by atoms with Crippen LogP contribution in [0.4, 0.5) is 29.3 Å². The van der Waals surface area contributed by atoms with Crippen LogP contribution in [0.5, 0.6) is 0 Å². The zero-order valence-electron chi connectivity index (χ0n) is 19.5. The number of benzene rings is 2. The molecule has 0 saturated carbocycles. The van der Waals surface area contributed by atoms with Gasteiger partial charge in [0.25, 0.3) is 0 Å². The molecule has 0 aliphatic heterocycles. The first-order chi connectivity index (χ1) is 16.7. The lowest BCUT2D eigenvalue weighted by Crippen LogP contribution is -2.53. The van der Waals surface area contributed by atoms with Crippen LogP contribution in [0.2, 0.25) is 0 Å². The summed E-state index contributed by atoms with van der Waals surface area (Å²) >= 11 is 0. The van der Waals surface area contributed by atoms with Crippen LogP contribution in [-0.4, -0.2) is 56.2 Å². The number of aromatic nitrogens is 4. The molecule has 0 bridgehead atoms. The average molecular weight is 528 g/mol. The first-order valence-electron chi connectivity index (χ1n) is 10.5. The number of para-hydroxylation sites is 1. The van der Waals surface area contributed by atoms with Gasteiger partial charge in [-0.2, -0.15) is 35.4 Å². The zero-order valence-corrected chi connectivity index (χ0v) is 20.3. The summed E-state index contributed by atoms with van der Waals surface area (Å²) in [5, 5.41) is 24.4. The van der Waals surface area contributed by atoms with E-state index in [4.69, 9.17) is 0 Å². The highest BCUT2D eigenvalue weighted by molar-refractivity contribution is 7.87. The number of hydrogen-bond donors (Lipinski definition) is 3. The number of hydrogen-bond acceptors (Lipinski definition) is 7. The number of tetrazole rings is 1. The lowest BCUT2D eigenvalue weighted by atomic mass is 10.1. The van der Waals surface area contributed by atoms with Gasteiger partial charge in [0.05, 0.1) is 17.6 Å². The van der Waals surface area contributed by atoms with Gasteiger partial charge in [0.2, 0.25) is 5.82 Å². The summed E-state index contributed by atoms with van der Waals surface area (Å²) in [6.45, 7) is 4.09. The molecule has 0 aliphatic rings. The van der Waals surface area contributed by atoms with Crippen molar-refractivity contribution in [2.75, 3.05) is 11.9 Å². The number of carboxylic acid groups (broad SMARTS) is 1. The Balaban J connectivity index is 1.70. The van der Waals surface area contributed by atoms with Gasteiger partial charge < -0.3 is 10.4 Å². The minimum Gasteiger partial charge on any atom is -0.464 e. The van der Waals surface area contributed by atoms with E-state index < -0.39 is 33.6 Å². The zero-order chi connectivity index (χ0) is 26.7. The second-order valence-electron chi connectivity index (χ2n) is 8.57. The van der Waals surface area contributed by atoms with Gasteiger partial charge in [-0.25, -0.2) is 4.79 Å². The van der Waals surface area contributed by atoms with Crippen LogP contribution >= 0.6 is 0 Å². The van der Waals surface area contributed by atoms with Gasteiger partial charge in [0, 0.05) is 23.5 Å². The van der Waals surface area contributed by atoms with Crippen molar-refractivity contribution in [3.63, 3.8) is 0 Å². The fraction of sp³-hybridized carbons (Fsp3) is 0.333. The van der Waals surface area contributed by atoms with E-state index in [0.29, 0.717) is 21.2 Å². The lowest BCUT2D eigenvalue weighted by Gasteiger charge is -2.31. The van der Waals surface area contributed by atoms with Gasteiger partial charge in [0.1, 0.15) is 0 Å². The van der Waals surface area contributed by atoms with Gasteiger partial charge in [-0.1, -0.05) is 12.1 Å². The minimum atomic E-state index is -4.44. The SMILES string of the molecule is CC(C)(C)N(C(=O)O)S(=O)(=O)NCCn1nnc(-c2ccccc2Nc2ccc(C(F)(F)F)cc2)n1. The van der Waals surface area contributed by atoms with E-state index in [0.717, 1.165) is 16.9 Å². The van der Waals surface area contributed by atoms with E-state index in [-0.39, 0.29) is 18.9 Å². The highest BCUT2D eigenvalue weighted by Gasteiger charge is 2.37. The molecular weight excluding hydrogens is 503 g/mol. The summed E-state index contributed by atoms with van der Waals surface area (Å²) in [5.41, 5.74) is -0.524. The Morgan fingerprint density at radius 2 is 1.72 bits per heavy atom. The van der Waals surface area contributed by atoms with Crippen molar-refractivity contribution < 1.29 is 31.5 Å². The molecule has 36 heavy (non-hydrogen) atoms. The molecule has 11 nitrogen and oxygen atoms in total. The molecule has 3 aromatic rings. The summed E-state index contributed by atoms with van der Waals surface area (Å²) < 4.78 is 65.8. The predicted molar refractivity (Wildman–Crippen MR) is 125 cm³/mol. The number of nitrogens with one attached hydrogen (secondary N) is 2. The number of alkyl halides is 3. The topological polar surface area (TPSA) is 142 Å². The molecule has 0 fully saturated rings. The van der Waals surface area contributed by atoms with Crippen molar-refractivity contribution in [1.29, 1.82) is 0 Å². The molecule has 1 amide bonds. The first-order valence-corrected chi connectivity index (χ1v) is 12.0. The van der Waals surface area contributed by atoms with Crippen molar-refractivity contribution in [3.8, 4) is 11.4 Å². The maximum atomic E-state index is 12.8. The van der Waals surface area contributed by atoms with Gasteiger partial charge in [0.15, 0.2) is 0 Å². The second-order valence-corrected chi connectivity index (χ2v) is 10.2. The van der Waals surface area contributed by atoms with E-state index in [1.54, 1.807) is 24.3 Å². The summed E-state index contributed by atoms with van der Waals surface area (Å²) in [7, 11) is -4.33. The van der Waals surface area contributed by atoms with E-state index >= 15 is 0 Å². The van der Waals surface area contributed by atoms with Crippen LogP contribution < -0.4 is 10.0 Å².